The first-order valence-electron chi connectivity index (χ1n) is 12.9. The van der Waals surface area contributed by atoms with E-state index in [0.29, 0.717) is 40.9 Å². The van der Waals surface area contributed by atoms with Crippen LogP contribution in [0, 0.1) is 33.3 Å². The summed E-state index contributed by atoms with van der Waals surface area (Å²) in [6.07, 6.45) is -3.89. The summed E-state index contributed by atoms with van der Waals surface area (Å²) in [5.41, 5.74) is -3.70. The molecule has 12 heteroatoms. The van der Waals surface area contributed by atoms with Gasteiger partial charge in [0.05, 0.1) is 51.9 Å². The molecule has 3 heterocycles. The molecule has 0 aliphatic carbocycles. The number of carbonyl (C=O) groups is 2. The standard InChI is InChI=1S/C29H22F3N3O6/c1-27-10-11-28(41-27,12-13-40-17-7-9-22(35(38)39)20(14-17)29(30,31)32)24-23(27)25(36)34(26(24)37)21-8-6-16(15-33)18-4-2-3-5-19(18)21/h2-9,14,23-24H,10-13H2,1H3/t23-,24+,27-,28-/m0/s1. The van der Waals surface area contributed by atoms with Crippen LogP contribution >= 0.6 is 0 Å². The van der Waals surface area contributed by atoms with Crippen LogP contribution in [0.2, 0.25) is 0 Å². The van der Waals surface area contributed by atoms with Crippen molar-refractivity contribution in [2.45, 2.75) is 43.6 Å². The minimum atomic E-state index is -4.95. The zero-order chi connectivity index (χ0) is 29.3. The summed E-state index contributed by atoms with van der Waals surface area (Å²) in [6.45, 7) is 1.65. The molecule has 0 saturated carbocycles. The minimum absolute atomic E-state index is 0.114. The van der Waals surface area contributed by atoms with Crippen molar-refractivity contribution in [1.82, 2.24) is 0 Å². The van der Waals surface area contributed by atoms with E-state index in [0.717, 1.165) is 12.1 Å². The summed E-state index contributed by atoms with van der Waals surface area (Å²) in [7, 11) is 0. The summed E-state index contributed by atoms with van der Waals surface area (Å²) in [5.74, 6) is -2.63. The fourth-order valence-corrected chi connectivity index (χ4v) is 6.76. The molecule has 0 spiro atoms. The quantitative estimate of drug-likeness (QED) is 0.219. The van der Waals surface area contributed by atoms with E-state index in [4.69, 9.17) is 9.47 Å². The molecule has 0 unspecified atom stereocenters. The number of nitro benzene ring substituents is 1. The Morgan fingerprint density at radius 3 is 2.49 bits per heavy atom. The Hall–Kier alpha value is -4.50. The van der Waals surface area contributed by atoms with Gasteiger partial charge in [0, 0.05) is 23.3 Å². The van der Waals surface area contributed by atoms with Gasteiger partial charge < -0.3 is 9.47 Å². The van der Waals surface area contributed by atoms with Crippen LogP contribution in [0.4, 0.5) is 24.5 Å². The van der Waals surface area contributed by atoms with E-state index < -0.39 is 57.2 Å². The van der Waals surface area contributed by atoms with Crippen LogP contribution in [0.3, 0.4) is 0 Å². The molecule has 2 bridgehead atoms. The molecule has 4 atom stereocenters. The van der Waals surface area contributed by atoms with Gasteiger partial charge in [-0.15, -0.1) is 0 Å². The van der Waals surface area contributed by atoms with Gasteiger partial charge in [-0.1, -0.05) is 24.3 Å². The van der Waals surface area contributed by atoms with Crippen LogP contribution in [-0.2, 0) is 20.5 Å². The van der Waals surface area contributed by atoms with Crippen molar-refractivity contribution in [3.63, 3.8) is 0 Å². The number of ether oxygens (including phenoxy) is 2. The fraction of sp³-hybridized carbons (Fsp3) is 0.345. The number of carbonyl (C=O) groups excluding carboxylic acids is 2. The van der Waals surface area contributed by atoms with E-state index in [2.05, 4.69) is 6.07 Å². The van der Waals surface area contributed by atoms with E-state index in [-0.39, 0.29) is 18.8 Å². The first-order chi connectivity index (χ1) is 19.4. The highest BCUT2D eigenvalue weighted by Crippen LogP contribution is 2.62. The third kappa shape index (κ3) is 3.94. The molecule has 9 nitrogen and oxygen atoms in total. The average Bonchev–Trinajstić information content (AvgIpc) is 3.51. The average molecular weight is 566 g/mol. The first kappa shape index (κ1) is 26.7. The number of nitrogens with zero attached hydrogens (tertiary/aromatic N) is 3. The number of benzene rings is 3. The highest BCUT2D eigenvalue weighted by atomic mass is 19.4. The lowest BCUT2D eigenvalue weighted by atomic mass is 9.67. The van der Waals surface area contributed by atoms with Gasteiger partial charge in [0.25, 0.3) is 5.69 Å². The van der Waals surface area contributed by atoms with Crippen molar-refractivity contribution in [1.29, 1.82) is 5.26 Å². The van der Waals surface area contributed by atoms with Gasteiger partial charge in [-0.05, 0) is 44.0 Å². The van der Waals surface area contributed by atoms with Crippen LogP contribution in [0.25, 0.3) is 10.8 Å². The van der Waals surface area contributed by atoms with E-state index in [1.165, 1.54) is 4.90 Å². The van der Waals surface area contributed by atoms with Crippen molar-refractivity contribution >= 4 is 34.0 Å². The SMILES string of the molecule is C[C@@]12CC[C@@](CCOc3ccc([N+](=O)[O-])c(C(F)(F)F)c3)(O1)[C@H]1C(=O)N(c3ccc(C#N)c4ccccc34)C(=O)[C@H]12. The van der Waals surface area contributed by atoms with Crippen LogP contribution in [-0.4, -0.2) is 34.5 Å². The van der Waals surface area contributed by atoms with E-state index in [1.807, 2.05) is 0 Å². The predicted octanol–water partition coefficient (Wildman–Crippen LogP) is 5.53. The lowest BCUT2D eigenvalue weighted by Gasteiger charge is -2.31. The minimum Gasteiger partial charge on any atom is -0.493 e. The summed E-state index contributed by atoms with van der Waals surface area (Å²) in [4.78, 5) is 38.9. The van der Waals surface area contributed by atoms with Crippen molar-refractivity contribution in [2.24, 2.45) is 11.8 Å². The molecule has 41 heavy (non-hydrogen) atoms. The van der Waals surface area contributed by atoms with Crippen LogP contribution in [0.1, 0.15) is 37.3 Å². The third-order valence-corrected chi connectivity index (χ3v) is 8.54. The number of fused-ring (bicyclic) bond motifs is 6. The van der Waals surface area contributed by atoms with Crippen molar-refractivity contribution in [3.05, 3.63) is 75.8 Å². The highest BCUT2D eigenvalue weighted by molar-refractivity contribution is 6.26. The fourth-order valence-electron chi connectivity index (χ4n) is 6.76. The van der Waals surface area contributed by atoms with E-state index >= 15 is 0 Å². The lowest BCUT2D eigenvalue weighted by Crippen LogP contribution is -2.43. The third-order valence-electron chi connectivity index (χ3n) is 8.54. The number of halogens is 3. The van der Waals surface area contributed by atoms with Crippen molar-refractivity contribution in [2.75, 3.05) is 11.5 Å². The van der Waals surface area contributed by atoms with Crippen LogP contribution < -0.4 is 9.64 Å². The van der Waals surface area contributed by atoms with Gasteiger partial charge in [-0.3, -0.25) is 19.7 Å². The molecular weight excluding hydrogens is 543 g/mol. The second-order valence-electron chi connectivity index (χ2n) is 10.8. The van der Waals surface area contributed by atoms with Gasteiger partial charge in [0.2, 0.25) is 11.8 Å². The van der Waals surface area contributed by atoms with Crippen LogP contribution in [0.15, 0.2) is 54.6 Å². The summed E-state index contributed by atoms with van der Waals surface area (Å²) in [6, 6.07) is 14.7. The Kier molecular flexibility index (Phi) is 5.87. The number of hydrogen-bond donors (Lipinski definition) is 0. The number of nitro groups is 1. The maximum Gasteiger partial charge on any atom is 0.423 e. The zero-order valence-corrected chi connectivity index (χ0v) is 21.6. The Morgan fingerprint density at radius 2 is 1.80 bits per heavy atom. The maximum atomic E-state index is 14.0. The monoisotopic (exact) mass is 565 g/mol. The van der Waals surface area contributed by atoms with E-state index in [1.54, 1.807) is 43.3 Å². The number of nitriles is 1. The normalized spacial score (nSPS) is 26.9. The molecule has 3 saturated heterocycles. The Labute approximate surface area is 231 Å². The number of anilines is 1. The molecule has 3 fully saturated rings. The van der Waals surface area contributed by atoms with Gasteiger partial charge >= 0.3 is 6.18 Å². The molecule has 0 aromatic heterocycles. The second-order valence-corrected chi connectivity index (χ2v) is 10.8. The van der Waals surface area contributed by atoms with Crippen LogP contribution in [0.5, 0.6) is 5.75 Å². The molecule has 6 rings (SSSR count). The second kappa shape index (κ2) is 9.01. The van der Waals surface area contributed by atoms with E-state index in [9.17, 15) is 38.1 Å². The largest absolute Gasteiger partial charge is 0.493 e. The number of rotatable bonds is 6. The van der Waals surface area contributed by atoms with Gasteiger partial charge in [-0.2, -0.15) is 18.4 Å². The molecule has 0 N–H and O–H groups in total. The molecule has 2 amide bonds. The molecule has 3 aliphatic heterocycles. The number of alkyl halides is 3. The summed E-state index contributed by atoms with van der Waals surface area (Å²) in [5, 5.41) is 21.8. The van der Waals surface area contributed by atoms with Gasteiger partial charge in [-0.25, -0.2) is 4.90 Å². The van der Waals surface area contributed by atoms with Gasteiger partial charge in [0.15, 0.2) is 0 Å². The maximum absolute atomic E-state index is 14.0. The summed E-state index contributed by atoms with van der Waals surface area (Å²) < 4.78 is 52.1. The Balaban J connectivity index is 1.29. The molecule has 3 aliphatic rings. The molecule has 3 aromatic carbocycles. The Bertz CT molecular complexity index is 1680. The predicted molar refractivity (Wildman–Crippen MR) is 138 cm³/mol. The molecule has 0 radical (unpaired) electrons. The number of imide groups is 1. The zero-order valence-electron chi connectivity index (χ0n) is 21.6. The summed E-state index contributed by atoms with van der Waals surface area (Å²) >= 11 is 0. The van der Waals surface area contributed by atoms with Crippen molar-refractivity contribution < 1.29 is 37.2 Å². The molecule has 210 valence electrons. The number of hydrogen-bond acceptors (Lipinski definition) is 7. The number of amides is 2. The van der Waals surface area contributed by atoms with Gasteiger partial charge in [0.1, 0.15) is 11.3 Å². The molecule has 3 aromatic rings. The smallest absolute Gasteiger partial charge is 0.423 e. The first-order valence-corrected chi connectivity index (χ1v) is 12.9. The van der Waals surface area contributed by atoms with Crippen molar-refractivity contribution in [3.8, 4) is 11.8 Å². The lowest BCUT2D eigenvalue weighted by molar-refractivity contribution is -0.388. The topological polar surface area (TPSA) is 123 Å². The molecular formula is C29H22F3N3O6. The highest BCUT2D eigenvalue weighted by Gasteiger charge is 2.73. The Morgan fingerprint density at radius 1 is 1.10 bits per heavy atom.